The zero-order valence-electron chi connectivity index (χ0n) is 16.3. The number of nitrogens with one attached hydrogen (secondary N) is 1. The minimum atomic E-state index is -0.101. The largest absolute Gasteiger partial charge is 0.494 e. The average molecular weight is 397 g/mol. The van der Waals surface area contributed by atoms with Crippen LogP contribution >= 0.6 is 20.7 Å². The molecule has 0 unspecified atom stereocenters. The molecule has 0 spiro atoms. The van der Waals surface area contributed by atoms with Crippen LogP contribution in [0.25, 0.3) is 11.1 Å². The maximum Gasteiger partial charge on any atom is 0.135 e. The molecule has 2 heterocycles. The second-order valence-electron chi connectivity index (χ2n) is 7.47. The summed E-state index contributed by atoms with van der Waals surface area (Å²) in [4.78, 5) is 6.34. The molecule has 3 aromatic rings. The fraction of sp³-hybridized carbons (Fsp3) is 0.318. The van der Waals surface area contributed by atoms with Gasteiger partial charge in [0.25, 0.3) is 0 Å². The van der Waals surface area contributed by atoms with Gasteiger partial charge < -0.3 is 10.1 Å². The Hall–Kier alpha value is -2.11. The van der Waals surface area contributed by atoms with Crippen LogP contribution in [0.2, 0.25) is 0 Å². The molecule has 1 aromatic heterocycles. The van der Waals surface area contributed by atoms with E-state index in [1.807, 2.05) is 41.5 Å². The molecule has 5 heteroatoms. The molecule has 1 aliphatic rings. The van der Waals surface area contributed by atoms with Crippen molar-refractivity contribution in [3.05, 3.63) is 57.1 Å². The van der Waals surface area contributed by atoms with Crippen LogP contribution in [-0.2, 0) is 5.54 Å². The Morgan fingerprint density at radius 3 is 2.52 bits per heavy atom. The summed E-state index contributed by atoms with van der Waals surface area (Å²) in [6.45, 7) is 11.5. The van der Waals surface area contributed by atoms with E-state index < -0.39 is 0 Å². The Kier molecular flexibility index (Phi) is 4.60. The summed E-state index contributed by atoms with van der Waals surface area (Å²) < 4.78 is 6.62. The lowest BCUT2D eigenvalue weighted by atomic mass is 9.87. The van der Waals surface area contributed by atoms with E-state index in [4.69, 9.17) is 9.73 Å². The number of aryl methyl sites for hydroxylation is 2. The monoisotopic (exact) mass is 396 g/mol. The molecule has 140 valence electrons. The topological polar surface area (TPSA) is 33.6 Å². The Morgan fingerprint density at radius 1 is 1.07 bits per heavy atom. The fourth-order valence-corrected chi connectivity index (χ4v) is 6.53. The van der Waals surface area contributed by atoms with Crippen molar-refractivity contribution in [2.24, 2.45) is 4.99 Å². The van der Waals surface area contributed by atoms with Gasteiger partial charge in [0.05, 0.1) is 22.7 Å². The van der Waals surface area contributed by atoms with Gasteiger partial charge >= 0.3 is 0 Å². The summed E-state index contributed by atoms with van der Waals surface area (Å²) >= 11 is 0. The minimum absolute atomic E-state index is 0.101. The normalized spacial score (nSPS) is 15.1. The number of anilines is 1. The van der Waals surface area contributed by atoms with Crippen molar-refractivity contribution in [2.45, 2.75) is 40.2 Å². The molecule has 3 nitrogen and oxygen atoms in total. The molecule has 27 heavy (non-hydrogen) atoms. The third-order valence-corrected chi connectivity index (χ3v) is 7.42. The number of hydrogen-bond acceptors (Lipinski definition) is 5. The second kappa shape index (κ2) is 6.80. The van der Waals surface area contributed by atoms with E-state index in [9.17, 15) is 0 Å². The highest BCUT2D eigenvalue weighted by Gasteiger charge is 2.34. The van der Waals surface area contributed by atoms with Crippen LogP contribution in [0.1, 0.15) is 36.8 Å². The number of nitrogens with zero attached hydrogens (tertiary/aromatic N) is 1. The van der Waals surface area contributed by atoms with Gasteiger partial charge in [0, 0.05) is 16.8 Å². The first kappa shape index (κ1) is 18.3. The minimum Gasteiger partial charge on any atom is -0.494 e. The van der Waals surface area contributed by atoms with E-state index in [1.165, 1.54) is 32.8 Å². The molecule has 1 aliphatic heterocycles. The molecular formula is C22H24N2OS2. The lowest BCUT2D eigenvalue weighted by Gasteiger charge is -2.34. The van der Waals surface area contributed by atoms with Gasteiger partial charge in [-0.15, -0.1) is 0 Å². The van der Waals surface area contributed by atoms with E-state index in [0.29, 0.717) is 6.61 Å². The van der Waals surface area contributed by atoms with Crippen LogP contribution in [0.15, 0.2) is 41.4 Å². The second-order valence-corrected chi connectivity index (χ2v) is 9.60. The molecule has 0 radical (unpaired) electrons. The van der Waals surface area contributed by atoms with Crippen molar-refractivity contribution in [3.8, 4) is 16.9 Å². The molecule has 1 N–H and O–H groups in total. The van der Waals surface area contributed by atoms with Crippen molar-refractivity contribution in [2.75, 3.05) is 11.9 Å². The van der Waals surface area contributed by atoms with E-state index in [1.54, 1.807) is 10.3 Å². The number of benzene rings is 2. The molecule has 0 amide bonds. The Bertz CT molecular complexity index is 1060. The zero-order valence-corrected chi connectivity index (χ0v) is 18.0. The molecule has 4 rings (SSSR count). The Balaban J connectivity index is 1.90. The van der Waals surface area contributed by atoms with E-state index in [2.05, 4.69) is 45.1 Å². The molecule has 0 atom stereocenters. The lowest BCUT2D eigenvalue weighted by Crippen LogP contribution is -2.32. The first-order chi connectivity index (χ1) is 12.9. The highest BCUT2D eigenvalue weighted by atomic mass is 32.9. The third kappa shape index (κ3) is 3.30. The van der Waals surface area contributed by atoms with Crippen molar-refractivity contribution < 1.29 is 4.74 Å². The van der Waals surface area contributed by atoms with Gasteiger partial charge in [-0.25, -0.2) is 4.99 Å². The van der Waals surface area contributed by atoms with Crippen molar-refractivity contribution >= 4 is 32.1 Å². The van der Waals surface area contributed by atoms with E-state index in [-0.39, 0.29) is 5.54 Å². The molecule has 0 fully saturated rings. The SMILES string of the molecule is CCOc1ccc(N=c2ssc3c2-c2cc(C)cc(C)c2NC3(C)C)cc1. The quantitative estimate of drug-likeness (QED) is 0.521. The highest BCUT2D eigenvalue weighted by Crippen LogP contribution is 2.46. The first-order valence-electron chi connectivity index (χ1n) is 9.20. The number of fused-ring (bicyclic) bond motifs is 3. The fourth-order valence-electron chi connectivity index (χ4n) is 3.59. The summed E-state index contributed by atoms with van der Waals surface area (Å²) in [6, 6.07) is 12.5. The number of ether oxygens (including phenoxy) is 1. The predicted molar refractivity (Wildman–Crippen MR) is 117 cm³/mol. The zero-order chi connectivity index (χ0) is 19.2. The van der Waals surface area contributed by atoms with Gasteiger partial charge in [0.2, 0.25) is 0 Å². The van der Waals surface area contributed by atoms with Gasteiger partial charge in [-0.2, -0.15) is 0 Å². The van der Waals surface area contributed by atoms with Crippen molar-refractivity contribution in [3.63, 3.8) is 0 Å². The van der Waals surface area contributed by atoms with E-state index in [0.717, 1.165) is 16.1 Å². The van der Waals surface area contributed by atoms with Gasteiger partial charge in [-0.3, -0.25) is 0 Å². The summed E-state index contributed by atoms with van der Waals surface area (Å²) in [5, 5.41) is 3.75. The van der Waals surface area contributed by atoms with Crippen LogP contribution < -0.4 is 14.7 Å². The van der Waals surface area contributed by atoms with Crippen molar-refractivity contribution in [1.29, 1.82) is 0 Å². The molecule has 0 bridgehead atoms. The Labute approximate surface area is 167 Å². The standard InChI is InChI=1S/C22H24N2OS2/c1-6-25-16-9-7-15(8-10-16)23-21-18-17-12-13(2)11-14(3)19(17)24-22(4,5)20(18)26-27-21/h7-12,24H,6H2,1-5H3. The highest BCUT2D eigenvalue weighted by molar-refractivity contribution is 7.68. The third-order valence-electron chi connectivity index (χ3n) is 4.78. The Morgan fingerprint density at radius 2 is 1.81 bits per heavy atom. The molecule has 2 aromatic carbocycles. The summed E-state index contributed by atoms with van der Waals surface area (Å²) in [5.41, 5.74) is 7.20. The molecule has 0 aliphatic carbocycles. The molecule has 0 saturated carbocycles. The number of hydrogen-bond donors (Lipinski definition) is 1. The van der Waals surface area contributed by atoms with Crippen molar-refractivity contribution in [1.82, 2.24) is 0 Å². The van der Waals surface area contributed by atoms with Gasteiger partial charge in [0.1, 0.15) is 10.4 Å². The van der Waals surface area contributed by atoms with Crippen LogP contribution in [-0.4, -0.2) is 6.61 Å². The van der Waals surface area contributed by atoms with E-state index >= 15 is 0 Å². The maximum absolute atomic E-state index is 5.54. The van der Waals surface area contributed by atoms with Crippen LogP contribution in [0.3, 0.4) is 0 Å². The van der Waals surface area contributed by atoms with Gasteiger partial charge in [0.15, 0.2) is 0 Å². The van der Waals surface area contributed by atoms with Crippen LogP contribution in [0, 0.1) is 13.8 Å². The predicted octanol–water partition coefficient (Wildman–Crippen LogP) is 6.39. The van der Waals surface area contributed by atoms with Gasteiger partial charge in [-0.05, 0) is 70.5 Å². The van der Waals surface area contributed by atoms with Crippen LogP contribution in [0.4, 0.5) is 11.4 Å². The maximum atomic E-state index is 5.54. The summed E-state index contributed by atoms with van der Waals surface area (Å²) in [6.07, 6.45) is 0. The first-order valence-corrected chi connectivity index (χ1v) is 11.3. The van der Waals surface area contributed by atoms with Crippen LogP contribution in [0.5, 0.6) is 5.75 Å². The summed E-state index contributed by atoms with van der Waals surface area (Å²) in [5.74, 6) is 0.884. The summed E-state index contributed by atoms with van der Waals surface area (Å²) in [7, 11) is 3.58. The smallest absolute Gasteiger partial charge is 0.135 e. The van der Waals surface area contributed by atoms with Gasteiger partial charge in [-0.1, -0.05) is 32.3 Å². The lowest BCUT2D eigenvalue weighted by molar-refractivity contribution is 0.340. The molecular weight excluding hydrogens is 372 g/mol. The molecule has 0 saturated heterocycles. The number of rotatable bonds is 3. The average Bonchev–Trinajstić information content (AvgIpc) is 3.03.